The van der Waals surface area contributed by atoms with E-state index in [9.17, 15) is 0 Å². The third-order valence-corrected chi connectivity index (χ3v) is 9.29. The van der Waals surface area contributed by atoms with Gasteiger partial charge in [0.25, 0.3) is 0 Å². The van der Waals surface area contributed by atoms with Gasteiger partial charge < -0.3 is 36.8 Å². The van der Waals surface area contributed by atoms with Crippen LogP contribution >= 0.6 is 0 Å². The number of hydrogen-bond acceptors (Lipinski definition) is 8. The molecule has 0 saturated carbocycles. The topological polar surface area (TPSA) is 95.8 Å². The number of rotatable bonds is 15. The van der Waals surface area contributed by atoms with Gasteiger partial charge in [0.1, 0.15) is 0 Å². The molecular weight excluding hydrogens is 364 g/mol. The summed E-state index contributed by atoms with van der Waals surface area (Å²) in [4.78, 5) is 0. The largest absolute Gasteiger partial charge is 0.501 e. The molecule has 0 atom stereocenters. The summed E-state index contributed by atoms with van der Waals surface area (Å²) >= 11 is 0. The van der Waals surface area contributed by atoms with Gasteiger partial charge in [0.05, 0.1) is 0 Å². The highest BCUT2D eigenvalue weighted by Crippen LogP contribution is 2.17. The molecule has 0 aromatic carbocycles. The predicted octanol–water partition coefficient (Wildman–Crippen LogP) is 1.66. The van der Waals surface area contributed by atoms with E-state index in [-0.39, 0.29) is 13.2 Å². The highest BCUT2D eigenvalue weighted by molar-refractivity contribution is 6.61. The van der Waals surface area contributed by atoms with E-state index in [0.717, 1.165) is 0 Å². The lowest BCUT2D eigenvalue weighted by Gasteiger charge is -2.28. The molecule has 154 valence electrons. The minimum atomic E-state index is -2.48. The first-order valence-electron chi connectivity index (χ1n) is 8.78. The Balaban J connectivity index is 0. The number of aliphatic hydroxyl groups excluding tert-OH is 2. The van der Waals surface area contributed by atoms with E-state index in [1.54, 1.807) is 21.3 Å². The average Bonchev–Trinajstić information content (AvgIpc) is 2.63. The van der Waals surface area contributed by atoms with Crippen molar-refractivity contribution in [2.45, 2.75) is 45.7 Å². The number of aliphatic hydroxyl groups is 2. The van der Waals surface area contributed by atoms with Gasteiger partial charge in [-0.1, -0.05) is 0 Å². The molecular formula is C15H38O8Si2. The molecule has 8 nitrogen and oxygen atoms in total. The first-order chi connectivity index (χ1) is 12.0. The van der Waals surface area contributed by atoms with Crippen molar-refractivity contribution in [2.24, 2.45) is 0 Å². The van der Waals surface area contributed by atoms with Crippen LogP contribution in [0, 0.1) is 0 Å². The van der Waals surface area contributed by atoms with Crippen molar-refractivity contribution in [1.82, 2.24) is 0 Å². The van der Waals surface area contributed by atoms with Gasteiger partial charge in [0, 0.05) is 66.5 Å². The first kappa shape index (κ1) is 27.3. The summed E-state index contributed by atoms with van der Waals surface area (Å²) in [6.07, 6.45) is 1.33. The van der Waals surface area contributed by atoms with Crippen LogP contribution in [-0.4, -0.2) is 82.2 Å². The van der Waals surface area contributed by atoms with Gasteiger partial charge in [-0.2, -0.15) is 0 Å². The van der Waals surface area contributed by atoms with Crippen LogP contribution in [0.15, 0.2) is 0 Å². The molecule has 0 aliphatic heterocycles. The zero-order chi connectivity index (χ0) is 19.6. The van der Waals surface area contributed by atoms with Crippen molar-refractivity contribution in [2.75, 3.05) is 54.4 Å². The normalized spacial score (nSPS) is 12.0. The number of hydrogen-bond donors (Lipinski definition) is 2. The van der Waals surface area contributed by atoms with E-state index in [2.05, 4.69) is 0 Å². The maximum absolute atomic E-state index is 8.79. The molecule has 10 heteroatoms. The van der Waals surface area contributed by atoms with Gasteiger partial charge in [0.2, 0.25) is 0 Å². The third kappa shape index (κ3) is 12.2. The Bertz CT molecular complexity index is 255. The molecule has 0 heterocycles. The molecule has 0 aromatic heterocycles. The van der Waals surface area contributed by atoms with Gasteiger partial charge >= 0.3 is 17.6 Å². The minimum absolute atomic E-state index is 0.144. The fraction of sp³-hybridized carbons (Fsp3) is 1.00. The van der Waals surface area contributed by atoms with Crippen LogP contribution in [-0.2, 0) is 26.6 Å². The summed E-state index contributed by atoms with van der Waals surface area (Å²) in [6, 6.07) is 1.35. The first-order valence-corrected chi connectivity index (χ1v) is 12.6. The molecule has 0 rings (SSSR count). The Labute approximate surface area is 155 Å². The second-order valence-electron chi connectivity index (χ2n) is 4.93. The van der Waals surface area contributed by atoms with Gasteiger partial charge in [-0.25, -0.2) is 0 Å². The third-order valence-electron chi connectivity index (χ3n) is 3.31. The van der Waals surface area contributed by atoms with Gasteiger partial charge in [-0.05, 0) is 33.6 Å². The fourth-order valence-corrected chi connectivity index (χ4v) is 6.45. The van der Waals surface area contributed by atoms with Crippen molar-refractivity contribution in [3.8, 4) is 0 Å². The summed E-state index contributed by atoms with van der Waals surface area (Å²) in [5, 5.41) is 17.4. The maximum atomic E-state index is 8.79. The monoisotopic (exact) mass is 402 g/mol. The second kappa shape index (κ2) is 17.5. The summed E-state index contributed by atoms with van der Waals surface area (Å²) in [5.74, 6) is 0. The second-order valence-corrected chi connectivity index (χ2v) is 10.8. The Kier molecular flexibility index (Phi) is 19.2. The van der Waals surface area contributed by atoms with Crippen molar-refractivity contribution < 1.29 is 36.8 Å². The molecule has 0 saturated heterocycles. The predicted molar refractivity (Wildman–Crippen MR) is 100 cm³/mol. The van der Waals surface area contributed by atoms with Gasteiger partial charge in [0.15, 0.2) is 0 Å². The van der Waals surface area contributed by atoms with Crippen LogP contribution in [0.1, 0.15) is 33.6 Å². The highest BCUT2D eigenvalue weighted by atomic mass is 28.4. The molecule has 0 bridgehead atoms. The molecule has 2 N–H and O–H groups in total. The van der Waals surface area contributed by atoms with Gasteiger partial charge in [-0.3, -0.25) is 0 Å². The van der Waals surface area contributed by atoms with E-state index >= 15 is 0 Å². The highest BCUT2D eigenvalue weighted by Gasteiger charge is 2.39. The molecule has 25 heavy (non-hydrogen) atoms. The summed E-state index contributed by atoms with van der Waals surface area (Å²) in [5.41, 5.74) is 0. The summed E-state index contributed by atoms with van der Waals surface area (Å²) in [6.45, 7) is 7.87. The molecule has 0 spiro atoms. The maximum Gasteiger partial charge on any atom is 0.501 e. The average molecular weight is 403 g/mol. The molecule has 0 unspecified atom stereocenters. The van der Waals surface area contributed by atoms with E-state index < -0.39 is 17.6 Å². The van der Waals surface area contributed by atoms with E-state index in [1.807, 2.05) is 20.8 Å². The molecule has 0 aliphatic carbocycles. The summed E-state index contributed by atoms with van der Waals surface area (Å²) in [7, 11) is -0.177. The molecule has 0 amide bonds. The zero-order valence-corrected chi connectivity index (χ0v) is 18.7. The van der Waals surface area contributed by atoms with Crippen LogP contribution in [0.5, 0.6) is 0 Å². The minimum Gasteiger partial charge on any atom is -0.396 e. The van der Waals surface area contributed by atoms with E-state index in [4.69, 9.17) is 36.8 Å². The standard InChI is InChI=1S/C9H22O4Si.C6H16O4Si/c1-4-11-14(12-5-2,13-6-3)9-7-8-10;1-8-11(9-2,10-3)6-4-5-7/h10H,4-9H2,1-3H3;7H,4-6H2,1-3H3. The van der Waals surface area contributed by atoms with Crippen LogP contribution in [0.3, 0.4) is 0 Å². The van der Waals surface area contributed by atoms with Crippen LogP contribution in [0.4, 0.5) is 0 Å². The lowest BCUT2D eigenvalue weighted by Crippen LogP contribution is -2.46. The van der Waals surface area contributed by atoms with Crippen LogP contribution < -0.4 is 0 Å². The Hall–Kier alpha value is 0.114. The molecule has 0 aromatic rings. The van der Waals surface area contributed by atoms with Crippen molar-refractivity contribution >= 4 is 17.6 Å². The van der Waals surface area contributed by atoms with Crippen molar-refractivity contribution in [1.29, 1.82) is 0 Å². The van der Waals surface area contributed by atoms with Crippen LogP contribution in [0.2, 0.25) is 12.1 Å². The Morgan fingerprint density at radius 1 is 0.600 bits per heavy atom. The molecule has 0 radical (unpaired) electrons. The molecule has 0 fully saturated rings. The van der Waals surface area contributed by atoms with E-state index in [0.29, 0.717) is 44.8 Å². The Morgan fingerprint density at radius 3 is 1.16 bits per heavy atom. The summed E-state index contributed by atoms with van der Waals surface area (Å²) < 4.78 is 32.2. The van der Waals surface area contributed by atoms with Crippen molar-refractivity contribution in [3.05, 3.63) is 0 Å². The lowest BCUT2D eigenvalue weighted by atomic mass is 10.5. The SMILES string of the molecule is CCO[Si](CCCO)(OCC)OCC.CO[Si](CCCO)(OC)OC. The van der Waals surface area contributed by atoms with Crippen LogP contribution in [0.25, 0.3) is 0 Å². The lowest BCUT2D eigenvalue weighted by molar-refractivity contribution is 0.0693. The quantitative estimate of drug-likeness (QED) is 0.399. The van der Waals surface area contributed by atoms with Crippen molar-refractivity contribution in [3.63, 3.8) is 0 Å². The zero-order valence-electron chi connectivity index (χ0n) is 16.7. The Morgan fingerprint density at radius 2 is 0.920 bits per heavy atom. The van der Waals surface area contributed by atoms with E-state index in [1.165, 1.54) is 0 Å². The fourth-order valence-electron chi connectivity index (χ4n) is 2.15. The van der Waals surface area contributed by atoms with Gasteiger partial charge in [-0.15, -0.1) is 0 Å². The molecule has 0 aliphatic rings. The smallest absolute Gasteiger partial charge is 0.396 e.